The van der Waals surface area contributed by atoms with Crippen LogP contribution in [-0.2, 0) is 11.2 Å². The molecule has 1 aliphatic heterocycles. The number of ether oxygens (including phenoxy) is 2. The molecule has 2 aromatic carbocycles. The van der Waals surface area contributed by atoms with Gasteiger partial charge in [-0.3, -0.25) is 4.79 Å². The molecule has 6 nitrogen and oxygen atoms in total. The second kappa shape index (κ2) is 9.85. The first-order chi connectivity index (χ1) is 14.0. The van der Waals surface area contributed by atoms with Crippen molar-refractivity contribution in [1.82, 2.24) is 4.90 Å². The lowest BCUT2D eigenvalue weighted by Crippen LogP contribution is -2.46. The normalized spacial score (nSPS) is 14.6. The minimum Gasteiger partial charge on any atom is -0.497 e. The van der Waals surface area contributed by atoms with Gasteiger partial charge in [0.25, 0.3) is 0 Å². The zero-order valence-electron chi connectivity index (χ0n) is 17.2. The van der Waals surface area contributed by atoms with Gasteiger partial charge in [-0.05, 0) is 42.9 Å². The predicted molar refractivity (Wildman–Crippen MR) is 118 cm³/mol. The van der Waals surface area contributed by atoms with E-state index in [-0.39, 0.29) is 12.3 Å². The Balaban J connectivity index is 1.76. The molecule has 0 radical (unpaired) electrons. The van der Waals surface area contributed by atoms with E-state index >= 15 is 0 Å². The number of hydrogen-bond donors (Lipinski definition) is 1. The van der Waals surface area contributed by atoms with Crippen molar-refractivity contribution in [2.45, 2.75) is 13.3 Å². The number of halogens is 1. The molecule has 0 spiro atoms. The Bertz CT molecular complexity index is 851. The highest BCUT2D eigenvalue weighted by molar-refractivity contribution is 6.31. The van der Waals surface area contributed by atoms with Crippen molar-refractivity contribution < 1.29 is 14.3 Å². The maximum Gasteiger partial charge on any atom is 0.228 e. The van der Waals surface area contributed by atoms with E-state index in [2.05, 4.69) is 22.0 Å². The number of carbonyl (C=O) groups is 1. The smallest absolute Gasteiger partial charge is 0.228 e. The summed E-state index contributed by atoms with van der Waals surface area (Å²) >= 11 is 6.22. The van der Waals surface area contributed by atoms with Crippen LogP contribution in [0.15, 0.2) is 36.4 Å². The quantitative estimate of drug-likeness (QED) is 0.744. The van der Waals surface area contributed by atoms with E-state index in [9.17, 15) is 4.79 Å². The first-order valence-electron chi connectivity index (χ1n) is 9.81. The summed E-state index contributed by atoms with van der Waals surface area (Å²) in [5.41, 5.74) is 2.50. The van der Waals surface area contributed by atoms with Crippen molar-refractivity contribution in [2.24, 2.45) is 0 Å². The molecule has 3 rings (SSSR count). The van der Waals surface area contributed by atoms with Crippen LogP contribution in [0.1, 0.15) is 12.5 Å². The van der Waals surface area contributed by atoms with Crippen LogP contribution in [0, 0.1) is 0 Å². The molecule has 0 unspecified atom stereocenters. The number of methoxy groups -OCH3 is 2. The number of likely N-dealkylation sites (N-methyl/N-ethyl adjacent to an activating group) is 1. The molecule has 0 bridgehead atoms. The maximum absolute atomic E-state index is 12.8. The lowest BCUT2D eigenvalue weighted by atomic mass is 10.1. The Morgan fingerprint density at radius 2 is 1.83 bits per heavy atom. The SMILES string of the molecule is CCN1CCN(c2ccc(Cl)cc2NC(=O)Cc2cc(OC)ccc2OC)CC1. The van der Waals surface area contributed by atoms with E-state index in [0.717, 1.165) is 49.7 Å². The number of amides is 1. The van der Waals surface area contributed by atoms with Crippen LogP contribution < -0.4 is 19.7 Å². The fourth-order valence-electron chi connectivity index (χ4n) is 3.58. The Labute approximate surface area is 177 Å². The van der Waals surface area contributed by atoms with Gasteiger partial charge in [-0.15, -0.1) is 0 Å². The second-order valence-electron chi connectivity index (χ2n) is 6.99. The fourth-order valence-corrected chi connectivity index (χ4v) is 3.75. The Morgan fingerprint density at radius 1 is 1.07 bits per heavy atom. The highest BCUT2D eigenvalue weighted by atomic mass is 35.5. The molecule has 156 valence electrons. The fraction of sp³-hybridized carbons (Fsp3) is 0.409. The van der Waals surface area contributed by atoms with Gasteiger partial charge < -0.3 is 24.6 Å². The first-order valence-corrected chi connectivity index (χ1v) is 10.2. The van der Waals surface area contributed by atoms with Crippen molar-refractivity contribution in [1.29, 1.82) is 0 Å². The summed E-state index contributed by atoms with van der Waals surface area (Å²) in [5, 5.41) is 3.63. The number of benzene rings is 2. The van der Waals surface area contributed by atoms with Gasteiger partial charge in [0.1, 0.15) is 11.5 Å². The summed E-state index contributed by atoms with van der Waals surface area (Å²) in [5.74, 6) is 1.21. The summed E-state index contributed by atoms with van der Waals surface area (Å²) in [6, 6.07) is 11.1. The van der Waals surface area contributed by atoms with E-state index in [1.54, 1.807) is 20.3 Å². The predicted octanol–water partition coefficient (Wildman–Crippen LogP) is 3.68. The average molecular weight is 418 g/mol. The maximum atomic E-state index is 12.8. The topological polar surface area (TPSA) is 54.0 Å². The zero-order chi connectivity index (χ0) is 20.8. The highest BCUT2D eigenvalue weighted by Gasteiger charge is 2.20. The van der Waals surface area contributed by atoms with Crippen molar-refractivity contribution in [2.75, 3.05) is 57.2 Å². The average Bonchev–Trinajstić information content (AvgIpc) is 2.74. The molecule has 1 heterocycles. The van der Waals surface area contributed by atoms with Gasteiger partial charge in [-0.2, -0.15) is 0 Å². The molecule has 7 heteroatoms. The number of nitrogens with zero attached hydrogens (tertiary/aromatic N) is 2. The van der Waals surface area contributed by atoms with Gasteiger partial charge >= 0.3 is 0 Å². The van der Waals surface area contributed by atoms with Crippen molar-refractivity contribution in [3.63, 3.8) is 0 Å². The molecular formula is C22H28ClN3O3. The molecule has 0 aliphatic carbocycles. The summed E-state index contributed by atoms with van der Waals surface area (Å²) < 4.78 is 10.7. The van der Waals surface area contributed by atoms with E-state index in [1.807, 2.05) is 30.3 Å². The molecule has 1 amide bonds. The zero-order valence-corrected chi connectivity index (χ0v) is 18.0. The molecule has 0 atom stereocenters. The van der Waals surface area contributed by atoms with Crippen LogP contribution in [-0.4, -0.2) is 57.8 Å². The van der Waals surface area contributed by atoms with E-state index in [4.69, 9.17) is 21.1 Å². The lowest BCUT2D eigenvalue weighted by molar-refractivity contribution is -0.115. The summed E-state index contributed by atoms with van der Waals surface area (Å²) in [6.07, 6.45) is 0.177. The summed E-state index contributed by atoms with van der Waals surface area (Å²) in [4.78, 5) is 17.5. The second-order valence-corrected chi connectivity index (χ2v) is 7.42. The van der Waals surface area contributed by atoms with Gasteiger partial charge in [0.15, 0.2) is 0 Å². The van der Waals surface area contributed by atoms with Crippen LogP contribution in [0.3, 0.4) is 0 Å². The van der Waals surface area contributed by atoms with Crippen LogP contribution in [0.2, 0.25) is 5.02 Å². The third-order valence-corrected chi connectivity index (χ3v) is 5.47. The molecular weight excluding hydrogens is 390 g/mol. The van der Waals surface area contributed by atoms with Crippen LogP contribution in [0.25, 0.3) is 0 Å². The van der Waals surface area contributed by atoms with Crippen LogP contribution >= 0.6 is 11.6 Å². The van der Waals surface area contributed by atoms with E-state index < -0.39 is 0 Å². The number of hydrogen-bond acceptors (Lipinski definition) is 5. The lowest BCUT2D eigenvalue weighted by Gasteiger charge is -2.36. The Morgan fingerprint density at radius 3 is 2.48 bits per heavy atom. The van der Waals surface area contributed by atoms with E-state index in [1.165, 1.54) is 0 Å². The van der Waals surface area contributed by atoms with Crippen LogP contribution in [0.4, 0.5) is 11.4 Å². The van der Waals surface area contributed by atoms with E-state index in [0.29, 0.717) is 16.5 Å². The minimum atomic E-state index is -0.132. The molecule has 1 fully saturated rings. The summed E-state index contributed by atoms with van der Waals surface area (Å²) in [7, 11) is 3.19. The van der Waals surface area contributed by atoms with Crippen molar-refractivity contribution in [3.05, 3.63) is 47.0 Å². The molecule has 0 aromatic heterocycles. The third-order valence-electron chi connectivity index (χ3n) is 5.23. The van der Waals surface area contributed by atoms with Gasteiger partial charge in [0, 0.05) is 36.8 Å². The number of carbonyl (C=O) groups excluding carboxylic acids is 1. The molecule has 1 aliphatic rings. The van der Waals surface area contributed by atoms with Gasteiger partial charge in [-0.25, -0.2) is 0 Å². The number of rotatable bonds is 7. The monoisotopic (exact) mass is 417 g/mol. The molecule has 1 saturated heterocycles. The number of nitrogens with one attached hydrogen (secondary N) is 1. The van der Waals surface area contributed by atoms with Crippen molar-refractivity contribution >= 4 is 28.9 Å². The third kappa shape index (κ3) is 5.34. The van der Waals surface area contributed by atoms with Crippen molar-refractivity contribution in [3.8, 4) is 11.5 Å². The first kappa shape index (κ1) is 21.3. The molecule has 29 heavy (non-hydrogen) atoms. The number of anilines is 2. The van der Waals surface area contributed by atoms with Crippen LogP contribution in [0.5, 0.6) is 11.5 Å². The minimum absolute atomic E-state index is 0.132. The highest BCUT2D eigenvalue weighted by Crippen LogP contribution is 2.31. The molecule has 2 aromatic rings. The summed E-state index contributed by atoms with van der Waals surface area (Å²) in [6.45, 7) is 7.09. The van der Waals surface area contributed by atoms with Gasteiger partial charge in [-0.1, -0.05) is 18.5 Å². The molecule has 0 saturated carbocycles. The number of piperazine rings is 1. The molecule has 1 N–H and O–H groups in total. The Hall–Kier alpha value is -2.44. The van der Waals surface area contributed by atoms with Gasteiger partial charge in [0.2, 0.25) is 5.91 Å². The largest absolute Gasteiger partial charge is 0.497 e. The standard InChI is InChI=1S/C22H28ClN3O3/c1-4-25-9-11-26(12-10-25)20-7-5-17(23)15-19(20)24-22(27)14-16-13-18(28-2)6-8-21(16)29-3/h5-8,13,15H,4,9-12,14H2,1-3H3,(H,24,27). The van der Waals surface area contributed by atoms with Gasteiger partial charge in [0.05, 0.1) is 32.0 Å². The Kier molecular flexibility index (Phi) is 7.23.